The molecule has 132 valence electrons. The zero-order valence-corrected chi connectivity index (χ0v) is 13.2. The van der Waals surface area contributed by atoms with Crippen LogP contribution in [0.15, 0.2) is 11.3 Å². The molecule has 1 heterocycles. The molecule has 0 aromatic heterocycles. The van der Waals surface area contributed by atoms with Crippen LogP contribution in [0.1, 0.15) is 26.7 Å². The van der Waals surface area contributed by atoms with Gasteiger partial charge >= 0.3 is 12.2 Å². The van der Waals surface area contributed by atoms with Gasteiger partial charge in [-0.2, -0.15) is 13.2 Å². The number of urea groups is 1. The first-order valence-corrected chi connectivity index (χ1v) is 7.41. The number of amides is 3. The summed E-state index contributed by atoms with van der Waals surface area (Å²) < 4.78 is 42.8. The Morgan fingerprint density at radius 3 is 2.57 bits per heavy atom. The van der Waals surface area contributed by atoms with E-state index in [2.05, 4.69) is 5.32 Å². The molecule has 0 saturated carbocycles. The molecule has 0 fully saturated rings. The van der Waals surface area contributed by atoms with E-state index in [1.165, 1.54) is 0 Å². The van der Waals surface area contributed by atoms with Gasteiger partial charge in [-0.3, -0.25) is 4.79 Å². The highest BCUT2D eigenvalue weighted by atomic mass is 19.4. The Morgan fingerprint density at radius 1 is 1.43 bits per heavy atom. The van der Waals surface area contributed by atoms with Crippen molar-refractivity contribution >= 4 is 11.9 Å². The van der Waals surface area contributed by atoms with Crippen LogP contribution in [0.4, 0.5) is 18.0 Å². The van der Waals surface area contributed by atoms with Gasteiger partial charge in [-0.1, -0.05) is 6.92 Å². The monoisotopic (exact) mass is 337 g/mol. The number of hydrogen-bond donors (Lipinski definition) is 2. The molecule has 0 unspecified atom stereocenters. The van der Waals surface area contributed by atoms with Crippen LogP contribution in [0.25, 0.3) is 0 Å². The summed E-state index contributed by atoms with van der Waals surface area (Å²) in [7, 11) is 0. The third-order valence-corrected chi connectivity index (χ3v) is 3.57. The second kappa shape index (κ2) is 8.19. The van der Waals surface area contributed by atoms with Crippen molar-refractivity contribution in [1.29, 1.82) is 0 Å². The number of nitrogens with zero attached hydrogens (tertiary/aromatic N) is 1. The van der Waals surface area contributed by atoms with Gasteiger partial charge in [0.1, 0.15) is 12.5 Å². The summed E-state index contributed by atoms with van der Waals surface area (Å²) in [5.41, 5.74) is 6.33. The van der Waals surface area contributed by atoms with Gasteiger partial charge in [-0.15, -0.1) is 0 Å². The van der Waals surface area contributed by atoms with Crippen LogP contribution in [0.3, 0.4) is 0 Å². The van der Waals surface area contributed by atoms with Crippen molar-refractivity contribution in [3.63, 3.8) is 0 Å². The molecule has 0 spiro atoms. The van der Waals surface area contributed by atoms with Gasteiger partial charge in [0.05, 0.1) is 6.61 Å². The first-order valence-electron chi connectivity index (χ1n) is 7.41. The fraction of sp³-hybridized carbons (Fsp3) is 0.714. The quantitative estimate of drug-likeness (QED) is 0.742. The fourth-order valence-corrected chi connectivity index (χ4v) is 2.40. The van der Waals surface area contributed by atoms with Gasteiger partial charge in [0.2, 0.25) is 5.91 Å². The van der Waals surface area contributed by atoms with Gasteiger partial charge in [0, 0.05) is 18.8 Å². The first-order chi connectivity index (χ1) is 10.7. The van der Waals surface area contributed by atoms with Crippen LogP contribution in [0.2, 0.25) is 0 Å². The van der Waals surface area contributed by atoms with E-state index in [0.717, 1.165) is 0 Å². The molecular formula is C14H22F3N3O3. The molecule has 1 rings (SSSR count). The second-order valence-electron chi connectivity index (χ2n) is 5.20. The number of hydrogen-bond acceptors (Lipinski definition) is 3. The highest BCUT2D eigenvalue weighted by Gasteiger charge is 2.36. The summed E-state index contributed by atoms with van der Waals surface area (Å²) in [6.45, 7) is 2.47. The fourth-order valence-electron chi connectivity index (χ4n) is 2.40. The van der Waals surface area contributed by atoms with Crippen LogP contribution < -0.4 is 11.1 Å². The molecule has 1 aliphatic heterocycles. The van der Waals surface area contributed by atoms with E-state index in [1.54, 1.807) is 13.8 Å². The number of halogens is 3. The lowest BCUT2D eigenvalue weighted by atomic mass is 9.97. The molecule has 9 heteroatoms. The van der Waals surface area contributed by atoms with Crippen molar-refractivity contribution in [1.82, 2.24) is 10.2 Å². The average Bonchev–Trinajstić information content (AvgIpc) is 2.58. The molecule has 0 aliphatic carbocycles. The highest BCUT2D eigenvalue weighted by molar-refractivity contribution is 5.83. The van der Waals surface area contributed by atoms with Gasteiger partial charge in [-0.25, -0.2) is 4.79 Å². The van der Waals surface area contributed by atoms with E-state index in [-0.39, 0.29) is 25.3 Å². The predicted molar refractivity (Wildman–Crippen MR) is 77.3 cm³/mol. The van der Waals surface area contributed by atoms with Crippen molar-refractivity contribution in [2.24, 2.45) is 11.7 Å². The first kappa shape index (κ1) is 19.3. The zero-order valence-electron chi connectivity index (χ0n) is 13.2. The predicted octanol–water partition coefficient (Wildman–Crippen LogP) is 1.77. The average molecular weight is 337 g/mol. The maximum Gasteiger partial charge on any atom is 0.406 e. The summed E-state index contributed by atoms with van der Waals surface area (Å²) in [5, 5.41) is 2.43. The summed E-state index contributed by atoms with van der Waals surface area (Å²) >= 11 is 0. The zero-order chi connectivity index (χ0) is 17.6. The molecule has 1 aliphatic rings. The van der Waals surface area contributed by atoms with Crippen LogP contribution in [-0.2, 0) is 9.53 Å². The van der Waals surface area contributed by atoms with E-state index < -0.39 is 30.6 Å². The van der Waals surface area contributed by atoms with Crippen molar-refractivity contribution in [2.45, 2.75) is 32.9 Å². The lowest BCUT2D eigenvalue weighted by Gasteiger charge is -2.23. The summed E-state index contributed by atoms with van der Waals surface area (Å²) in [6.07, 6.45) is -3.75. The third kappa shape index (κ3) is 5.74. The smallest absolute Gasteiger partial charge is 0.381 e. The molecule has 3 N–H and O–H groups in total. The van der Waals surface area contributed by atoms with Crippen molar-refractivity contribution < 1.29 is 27.5 Å². The lowest BCUT2D eigenvalue weighted by Crippen LogP contribution is -2.45. The molecule has 3 amide bonds. The number of nitrogens with two attached hydrogens (primary N) is 1. The summed E-state index contributed by atoms with van der Waals surface area (Å²) in [6, 6.07) is -0.886. The van der Waals surface area contributed by atoms with E-state index >= 15 is 0 Å². The van der Waals surface area contributed by atoms with E-state index in [1.807, 2.05) is 0 Å². The van der Waals surface area contributed by atoms with Crippen LogP contribution in [0, 0.1) is 5.92 Å². The highest BCUT2D eigenvalue weighted by Crippen LogP contribution is 2.25. The van der Waals surface area contributed by atoms with E-state index in [0.29, 0.717) is 23.5 Å². The molecular weight excluding hydrogens is 315 g/mol. The number of rotatable bonds is 7. The molecule has 0 bridgehead atoms. The minimum atomic E-state index is -4.48. The van der Waals surface area contributed by atoms with Gasteiger partial charge in [0.25, 0.3) is 0 Å². The second-order valence-corrected chi connectivity index (χ2v) is 5.20. The molecule has 1 atom stereocenters. The normalized spacial score (nSPS) is 17.8. The Kier molecular flexibility index (Phi) is 6.86. The maximum absolute atomic E-state index is 12.5. The van der Waals surface area contributed by atoms with Gasteiger partial charge < -0.3 is 20.7 Å². The summed E-state index contributed by atoms with van der Waals surface area (Å²) in [5.74, 6) is -1.58. The number of nitrogens with one attached hydrogen (secondary N) is 1. The number of carbonyl (C=O) groups excluding carboxylic acids is 2. The molecule has 0 aromatic carbocycles. The van der Waals surface area contributed by atoms with Gasteiger partial charge in [0.15, 0.2) is 0 Å². The molecule has 23 heavy (non-hydrogen) atoms. The minimum absolute atomic E-state index is 0.0236. The van der Waals surface area contributed by atoms with Crippen LogP contribution >= 0.6 is 0 Å². The lowest BCUT2D eigenvalue weighted by molar-refractivity contribution is -0.139. The molecule has 6 nitrogen and oxygen atoms in total. The van der Waals surface area contributed by atoms with E-state index in [4.69, 9.17) is 10.5 Å². The Hall–Kier alpha value is -1.77. The number of carbonyl (C=O) groups is 2. The third-order valence-electron chi connectivity index (χ3n) is 3.57. The summed E-state index contributed by atoms with van der Waals surface area (Å²) in [4.78, 5) is 24.4. The number of alkyl halides is 3. The Morgan fingerprint density at radius 2 is 2.09 bits per heavy atom. The van der Waals surface area contributed by atoms with Gasteiger partial charge in [-0.05, 0) is 25.3 Å². The van der Waals surface area contributed by atoms with Crippen LogP contribution in [0.5, 0.6) is 0 Å². The van der Waals surface area contributed by atoms with Crippen molar-refractivity contribution in [3.8, 4) is 0 Å². The largest absolute Gasteiger partial charge is 0.406 e. The molecule has 0 radical (unpaired) electrons. The van der Waals surface area contributed by atoms with Crippen molar-refractivity contribution in [3.05, 3.63) is 11.3 Å². The number of ether oxygens (including phenoxy) is 1. The van der Waals surface area contributed by atoms with Crippen LogP contribution in [-0.4, -0.2) is 49.3 Å². The topological polar surface area (TPSA) is 84.7 Å². The SMILES string of the molecule is CCOC[C@@H](C(N)=O)C1=C(CC)CCN(CC(F)(F)F)C(=O)N1. The molecule has 0 saturated heterocycles. The van der Waals surface area contributed by atoms with Crippen molar-refractivity contribution in [2.75, 3.05) is 26.3 Å². The Labute approximate surface area is 132 Å². The minimum Gasteiger partial charge on any atom is -0.381 e. The Balaban J connectivity index is 3.01. The maximum atomic E-state index is 12.5. The standard InChI is InChI=1S/C14H22F3N3O3/c1-3-9-5-6-20(8-14(15,16)17)13(22)19-11(9)10(12(18)21)7-23-4-2/h10H,3-8H2,1-2H3,(H2,18,21)(H,19,22)/t10-/m1/s1. The Bertz CT molecular complexity index is 478. The van der Waals surface area contributed by atoms with E-state index in [9.17, 15) is 22.8 Å². The molecule has 0 aromatic rings. The number of primary amides is 1.